The third kappa shape index (κ3) is 1.83. The van der Waals surface area contributed by atoms with Gasteiger partial charge >= 0.3 is 0 Å². The summed E-state index contributed by atoms with van der Waals surface area (Å²) in [5.74, 6) is -7.45. The van der Waals surface area contributed by atoms with Crippen molar-refractivity contribution < 1.29 is 22.0 Å². The number of aromatic amines is 1. The largest absolute Gasteiger partial charge is 0.366 e. The summed E-state index contributed by atoms with van der Waals surface area (Å²) < 4.78 is 69.1. The van der Waals surface area contributed by atoms with Gasteiger partial charge in [0.25, 0.3) is 0 Å². The van der Waals surface area contributed by atoms with E-state index in [-0.39, 0.29) is 17.2 Å². The Hall–Kier alpha value is -2.37. The zero-order valence-electron chi connectivity index (χ0n) is 11.6. The third-order valence-corrected chi connectivity index (χ3v) is 3.84. The Balaban J connectivity index is 2.49. The van der Waals surface area contributed by atoms with E-state index in [4.69, 9.17) is 0 Å². The summed E-state index contributed by atoms with van der Waals surface area (Å²) in [7, 11) is 0. The zero-order chi connectivity index (χ0) is 16.2. The first kappa shape index (κ1) is 14.6. The lowest BCUT2D eigenvalue weighted by molar-refractivity contribution is 0.436. The Labute approximate surface area is 122 Å². The average molecular weight is 311 g/mol. The van der Waals surface area contributed by atoms with Crippen molar-refractivity contribution in [3.63, 3.8) is 0 Å². The number of hydrogen-bond acceptors (Lipinski definition) is 0. The standard InChI is InChI=1S/C16H10F5N/c1-6-8-4-22-5-9(8)7(2)14(19)12(6)13-10(17)3-11(18)15(20)16(13)21/h3-5,22H,1-2H3. The maximum absolute atomic E-state index is 14.6. The molecule has 1 nitrogen and oxygen atoms in total. The molecule has 3 aromatic rings. The van der Waals surface area contributed by atoms with Gasteiger partial charge in [0.1, 0.15) is 11.6 Å². The van der Waals surface area contributed by atoms with Crippen LogP contribution >= 0.6 is 0 Å². The molecule has 0 spiro atoms. The second-order valence-electron chi connectivity index (χ2n) is 5.06. The topological polar surface area (TPSA) is 15.8 Å². The van der Waals surface area contributed by atoms with Crippen molar-refractivity contribution in [1.29, 1.82) is 0 Å². The van der Waals surface area contributed by atoms with Gasteiger partial charge in [-0.15, -0.1) is 0 Å². The zero-order valence-corrected chi connectivity index (χ0v) is 11.6. The second kappa shape index (κ2) is 4.83. The lowest BCUT2D eigenvalue weighted by Crippen LogP contribution is -2.03. The van der Waals surface area contributed by atoms with E-state index in [9.17, 15) is 22.0 Å². The maximum Gasteiger partial charge on any atom is 0.195 e. The van der Waals surface area contributed by atoms with Crippen LogP contribution in [0.5, 0.6) is 0 Å². The van der Waals surface area contributed by atoms with Crippen LogP contribution in [-0.4, -0.2) is 4.98 Å². The minimum absolute atomic E-state index is 0.167. The predicted octanol–water partition coefficient (Wildman–Crippen LogP) is 5.15. The van der Waals surface area contributed by atoms with Crippen LogP contribution in [0.15, 0.2) is 18.5 Å². The lowest BCUT2D eigenvalue weighted by Gasteiger charge is -2.14. The fourth-order valence-corrected chi connectivity index (χ4v) is 2.68. The third-order valence-electron chi connectivity index (χ3n) is 3.84. The lowest BCUT2D eigenvalue weighted by atomic mass is 9.92. The first-order valence-corrected chi connectivity index (χ1v) is 6.43. The fraction of sp³-hybridized carbons (Fsp3) is 0.125. The van der Waals surface area contributed by atoms with E-state index >= 15 is 0 Å². The van der Waals surface area contributed by atoms with E-state index in [1.165, 1.54) is 13.8 Å². The molecule has 114 valence electrons. The van der Waals surface area contributed by atoms with Gasteiger partial charge in [-0.3, -0.25) is 0 Å². The summed E-state index contributed by atoms with van der Waals surface area (Å²) in [5.41, 5.74) is -0.901. The molecule has 2 aromatic carbocycles. The number of aryl methyl sites for hydroxylation is 2. The Morgan fingerprint density at radius 2 is 1.27 bits per heavy atom. The second-order valence-corrected chi connectivity index (χ2v) is 5.06. The fourth-order valence-electron chi connectivity index (χ4n) is 2.68. The Kier molecular flexibility index (Phi) is 3.20. The van der Waals surface area contributed by atoms with Gasteiger partial charge < -0.3 is 4.98 Å². The first-order chi connectivity index (χ1) is 10.3. The number of benzene rings is 2. The van der Waals surface area contributed by atoms with Crippen molar-refractivity contribution in [3.8, 4) is 11.1 Å². The van der Waals surface area contributed by atoms with E-state index in [1.54, 1.807) is 12.4 Å². The average Bonchev–Trinajstić information content (AvgIpc) is 2.96. The van der Waals surface area contributed by atoms with E-state index in [0.717, 1.165) is 0 Å². The Morgan fingerprint density at radius 1 is 0.682 bits per heavy atom. The normalized spacial score (nSPS) is 11.4. The summed E-state index contributed by atoms with van der Waals surface area (Å²) in [6.07, 6.45) is 3.11. The summed E-state index contributed by atoms with van der Waals surface area (Å²) in [6, 6.07) is 0.212. The van der Waals surface area contributed by atoms with E-state index < -0.39 is 40.2 Å². The number of nitrogens with one attached hydrogen (secondary N) is 1. The van der Waals surface area contributed by atoms with Crippen LogP contribution in [0.1, 0.15) is 11.1 Å². The van der Waals surface area contributed by atoms with Gasteiger partial charge in [0, 0.05) is 34.8 Å². The van der Waals surface area contributed by atoms with Crippen molar-refractivity contribution in [1.82, 2.24) is 4.98 Å². The van der Waals surface area contributed by atoms with E-state index in [0.29, 0.717) is 10.8 Å². The Morgan fingerprint density at radius 3 is 1.91 bits per heavy atom. The van der Waals surface area contributed by atoms with Crippen LogP contribution in [0.3, 0.4) is 0 Å². The minimum atomic E-state index is -1.83. The van der Waals surface area contributed by atoms with Gasteiger partial charge in [0.05, 0.1) is 5.56 Å². The molecule has 0 saturated carbocycles. The maximum atomic E-state index is 14.6. The molecule has 0 aliphatic carbocycles. The van der Waals surface area contributed by atoms with Crippen molar-refractivity contribution >= 4 is 10.8 Å². The highest BCUT2D eigenvalue weighted by Gasteiger charge is 2.26. The molecule has 1 N–H and O–H groups in total. The monoisotopic (exact) mass is 311 g/mol. The first-order valence-electron chi connectivity index (χ1n) is 6.43. The van der Waals surface area contributed by atoms with Gasteiger partial charge in [-0.25, -0.2) is 22.0 Å². The molecule has 0 radical (unpaired) electrons. The minimum Gasteiger partial charge on any atom is -0.366 e. The highest BCUT2D eigenvalue weighted by atomic mass is 19.2. The molecule has 0 atom stereocenters. The summed E-state index contributed by atoms with van der Waals surface area (Å²) in [6.45, 7) is 2.91. The molecule has 0 bridgehead atoms. The number of halogens is 5. The highest BCUT2D eigenvalue weighted by molar-refractivity contribution is 5.94. The number of aromatic nitrogens is 1. The molecular formula is C16H10F5N. The molecule has 0 amide bonds. The van der Waals surface area contributed by atoms with Crippen LogP contribution < -0.4 is 0 Å². The quantitative estimate of drug-likeness (QED) is 0.363. The van der Waals surface area contributed by atoms with Crippen molar-refractivity contribution in [2.24, 2.45) is 0 Å². The molecule has 22 heavy (non-hydrogen) atoms. The van der Waals surface area contributed by atoms with E-state index in [2.05, 4.69) is 4.98 Å². The molecule has 0 saturated heterocycles. The van der Waals surface area contributed by atoms with Gasteiger partial charge in [-0.1, -0.05) is 0 Å². The molecule has 6 heteroatoms. The van der Waals surface area contributed by atoms with Crippen molar-refractivity contribution in [2.75, 3.05) is 0 Å². The van der Waals surface area contributed by atoms with Gasteiger partial charge in [0.2, 0.25) is 0 Å². The molecule has 1 heterocycles. The van der Waals surface area contributed by atoms with Crippen molar-refractivity contribution in [3.05, 3.63) is 58.7 Å². The Bertz CT molecular complexity index is 911. The number of rotatable bonds is 1. The molecule has 0 aliphatic rings. The summed E-state index contributed by atoms with van der Waals surface area (Å²) >= 11 is 0. The van der Waals surface area contributed by atoms with Crippen LogP contribution in [0.4, 0.5) is 22.0 Å². The molecule has 3 rings (SSSR count). The molecule has 1 aromatic heterocycles. The van der Waals surface area contributed by atoms with Gasteiger partial charge in [-0.2, -0.15) is 0 Å². The molecule has 0 fully saturated rings. The molecule has 0 unspecified atom stereocenters. The van der Waals surface area contributed by atoms with E-state index in [1.807, 2.05) is 0 Å². The van der Waals surface area contributed by atoms with Gasteiger partial charge in [0.15, 0.2) is 17.5 Å². The molecule has 0 aliphatic heterocycles. The van der Waals surface area contributed by atoms with Crippen LogP contribution in [0.2, 0.25) is 0 Å². The smallest absolute Gasteiger partial charge is 0.195 e. The van der Waals surface area contributed by atoms with Crippen LogP contribution in [-0.2, 0) is 0 Å². The number of fused-ring (bicyclic) bond motifs is 1. The number of H-pyrrole nitrogens is 1. The SMILES string of the molecule is Cc1c(F)c(-c2c(F)cc(F)c(F)c2F)c(C)c2c[nH]cc12. The van der Waals surface area contributed by atoms with Gasteiger partial charge in [-0.05, 0) is 25.0 Å². The summed E-state index contributed by atoms with van der Waals surface area (Å²) in [5, 5.41) is 1.11. The predicted molar refractivity (Wildman–Crippen MR) is 73.0 cm³/mol. The van der Waals surface area contributed by atoms with Crippen LogP contribution in [0.25, 0.3) is 21.9 Å². The number of hydrogen-bond donors (Lipinski definition) is 1. The summed E-state index contributed by atoms with van der Waals surface area (Å²) in [4.78, 5) is 2.79. The molecular weight excluding hydrogens is 301 g/mol. The van der Waals surface area contributed by atoms with Crippen LogP contribution in [0, 0.1) is 42.9 Å². The highest BCUT2D eigenvalue weighted by Crippen LogP contribution is 2.38. The van der Waals surface area contributed by atoms with Crippen molar-refractivity contribution in [2.45, 2.75) is 13.8 Å².